The van der Waals surface area contributed by atoms with Crippen molar-refractivity contribution >= 4 is 16.6 Å². The summed E-state index contributed by atoms with van der Waals surface area (Å²) in [4.78, 5) is 10.9. The van der Waals surface area contributed by atoms with Crippen molar-refractivity contribution in [1.82, 2.24) is 15.3 Å². The van der Waals surface area contributed by atoms with E-state index in [1.54, 1.807) is 24.4 Å². The number of hydrogen-bond acceptors (Lipinski definition) is 6. The Kier molecular flexibility index (Phi) is 5.99. The Labute approximate surface area is 211 Å². The van der Waals surface area contributed by atoms with Gasteiger partial charge in [-0.2, -0.15) is 5.26 Å². The number of fused-ring (bicyclic) bond motifs is 2. The summed E-state index contributed by atoms with van der Waals surface area (Å²) in [5, 5.41) is 13.3. The maximum absolute atomic E-state index is 14.9. The second-order valence-electron chi connectivity index (χ2n) is 9.28. The van der Waals surface area contributed by atoms with Gasteiger partial charge in [-0.1, -0.05) is 6.07 Å². The van der Waals surface area contributed by atoms with Gasteiger partial charge in [0, 0.05) is 60.6 Å². The first-order valence-corrected chi connectivity index (χ1v) is 12.1. The molecule has 2 aromatic heterocycles. The van der Waals surface area contributed by atoms with Gasteiger partial charge in [0.25, 0.3) is 0 Å². The molecule has 0 spiro atoms. The van der Waals surface area contributed by atoms with Crippen LogP contribution in [-0.2, 0) is 4.74 Å². The number of morpholine rings is 1. The SMILES string of the molecule is N#Cc1cnc(-c2ccc3ncc(-c4cc(F)cc(F)c4)c(N4CCC5NCCO[C@@H]5C4)c3c2)c(F)c1. The van der Waals surface area contributed by atoms with E-state index in [1.165, 1.54) is 18.3 Å². The number of anilines is 1. The number of pyridine rings is 2. The van der Waals surface area contributed by atoms with E-state index in [-0.39, 0.29) is 23.4 Å². The van der Waals surface area contributed by atoms with Crippen molar-refractivity contribution in [3.8, 4) is 28.5 Å². The average Bonchev–Trinajstić information content (AvgIpc) is 2.91. The smallest absolute Gasteiger partial charge is 0.150 e. The van der Waals surface area contributed by atoms with Crippen molar-refractivity contribution in [2.75, 3.05) is 31.1 Å². The van der Waals surface area contributed by atoms with Gasteiger partial charge in [0.05, 0.1) is 29.5 Å². The highest BCUT2D eigenvalue weighted by atomic mass is 19.1. The number of halogens is 3. The first-order valence-electron chi connectivity index (χ1n) is 12.1. The van der Waals surface area contributed by atoms with E-state index in [0.717, 1.165) is 30.8 Å². The first kappa shape index (κ1) is 23.4. The quantitative estimate of drug-likeness (QED) is 0.434. The van der Waals surface area contributed by atoms with Crippen molar-refractivity contribution in [3.05, 3.63) is 77.9 Å². The highest BCUT2D eigenvalue weighted by molar-refractivity contribution is 6.01. The number of nitriles is 1. The number of nitrogens with one attached hydrogen (secondary N) is 1. The van der Waals surface area contributed by atoms with Crippen LogP contribution in [-0.4, -0.2) is 48.4 Å². The molecule has 1 unspecified atom stereocenters. The van der Waals surface area contributed by atoms with Crippen LogP contribution in [0.5, 0.6) is 0 Å². The van der Waals surface area contributed by atoms with Gasteiger partial charge in [0.1, 0.15) is 23.4 Å². The Balaban J connectivity index is 1.54. The number of hydrogen-bond donors (Lipinski definition) is 1. The van der Waals surface area contributed by atoms with Gasteiger partial charge in [0.2, 0.25) is 0 Å². The lowest BCUT2D eigenvalue weighted by molar-refractivity contribution is -0.00896. The van der Waals surface area contributed by atoms with Crippen LogP contribution in [0.4, 0.5) is 18.9 Å². The Morgan fingerprint density at radius 3 is 2.62 bits per heavy atom. The fraction of sp³-hybridized carbons (Fsp3) is 0.250. The minimum atomic E-state index is -0.683. The van der Waals surface area contributed by atoms with Gasteiger partial charge in [-0.15, -0.1) is 0 Å². The van der Waals surface area contributed by atoms with Gasteiger partial charge in [-0.3, -0.25) is 9.97 Å². The minimum Gasteiger partial charge on any atom is -0.373 e. The van der Waals surface area contributed by atoms with E-state index in [0.29, 0.717) is 47.3 Å². The first-order chi connectivity index (χ1) is 18.0. The molecule has 0 saturated carbocycles. The van der Waals surface area contributed by atoms with Gasteiger partial charge in [-0.05, 0) is 42.3 Å². The Morgan fingerprint density at radius 2 is 1.84 bits per heavy atom. The molecule has 0 amide bonds. The summed E-state index contributed by atoms with van der Waals surface area (Å²) < 4.78 is 49.4. The molecule has 37 heavy (non-hydrogen) atoms. The fourth-order valence-corrected chi connectivity index (χ4v) is 5.28. The van der Waals surface area contributed by atoms with Gasteiger partial charge >= 0.3 is 0 Å². The molecule has 9 heteroatoms. The normalized spacial score (nSPS) is 19.5. The highest BCUT2D eigenvalue weighted by Gasteiger charge is 2.33. The zero-order chi connectivity index (χ0) is 25.5. The van der Waals surface area contributed by atoms with E-state index in [4.69, 9.17) is 10.00 Å². The molecule has 6 rings (SSSR count). The monoisotopic (exact) mass is 501 g/mol. The highest BCUT2D eigenvalue weighted by Crippen LogP contribution is 2.40. The molecule has 2 atom stereocenters. The predicted molar refractivity (Wildman–Crippen MR) is 133 cm³/mol. The Bertz CT molecular complexity index is 1530. The molecule has 6 nitrogen and oxygen atoms in total. The predicted octanol–water partition coefficient (Wildman–Crippen LogP) is 4.82. The molecule has 4 heterocycles. The zero-order valence-corrected chi connectivity index (χ0v) is 19.7. The molecule has 4 aromatic rings. The van der Waals surface area contributed by atoms with Gasteiger partial charge in [0.15, 0.2) is 5.82 Å². The van der Waals surface area contributed by atoms with E-state index >= 15 is 0 Å². The van der Waals surface area contributed by atoms with Crippen molar-refractivity contribution in [1.29, 1.82) is 5.26 Å². The number of ether oxygens (including phenoxy) is 1. The molecule has 2 saturated heterocycles. The molecule has 186 valence electrons. The third kappa shape index (κ3) is 4.39. The van der Waals surface area contributed by atoms with Crippen molar-refractivity contribution < 1.29 is 17.9 Å². The third-order valence-electron chi connectivity index (χ3n) is 6.97. The van der Waals surface area contributed by atoms with Gasteiger partial charge < -0.3 is 15.0 Å². The van der Waals surface area contributed by atoms with Crippen LogP contribution in [0, 0.1) is 28.8 Å². The van der Waals surface area contributed by atoms with E-state index < -0.39 is 17.5 Å². The standard InChI is InChI=1S/C28H22F3N5O/c29-19-8-18(9-20(30)11-19)22-14-34-24-2-1-17(27-23(31)7-16(12-32)13-35-27)10-21(24)28(22)36-5-3-25-26(15-36)37-6-4-33-25/h1-2,7-11,13-14,25-26,33H,3-6,15H2/t25?,26-/m1/s1. The summed E-state index contributed by atoms with van der Waals surface area (Å²) in [6, 6.07) is 12.0. The molecular formula is C28H22F3N5O. The molecule has 2 aromatic carbocycles. The molecule has 2 aliphatic rings. The third-order valence-corrected chi connectivity index (χ3v) is 6.97. The number of piperidine rings is 1. The molecule has 0 radical (unpaired) electrons. The minimum absolute atomic E-state index is 0.0383. The number of benzene rings is 2. The van der Waals surface area contributed by atoms with Gasteiger partial charge in [-0.25, -0.2) is 13.2 Å². The number of aromatic nitrogens is 2. The van der Waals surface area contributed by atoms with Crippen LogP contribution < -0.4 is 10.2 Å². The van der Waals surface area contributed by atoms with E-state index in [9.17, 15) is 13.2 Å². The van der Waals surface area contributed by atoms with Crippen molar-refractivity contribution in [3.63, 3.8) is 0 Å². The lowest BCUT2D eigenvalue weighted by Gasteiger charge is -2.43. The maximum Gasteiger partial charge on any atom is 0.150 e. The van der Waals surface area contributed by atoms with Crippen LogP contribution in [0.3, 0.4) is 0 Å². The summed E-state index contributed by atoms with van der Waals surface area (Å²) in [5.41, 5.74) is 3.07. The summed E-state index contributed by atoms with van der Waals surface area (Å²) in [5.74, 6) is -1.98. The van der Waals surface area contributed by atoms with E-state index in [2.05, 4.69) is 20.2 Å². The van der Waals surface area contributed by atoms with Crippen molar-refractivity contribution in [2.45, 2.75) is 18.6 Å². The Hall–Kier alpha value is -4.00. The van der Waals surface area contributed by atoms with Crippen molar-refractivity contribution in [2.24, 2.45) is 0 Å². The number of rotatable bonds is 3. The molecule has 2 fully saturated rings. The lowest BCUT2D eigenvalue weighted by atomic mass is 9.95. The molecular weight excluding hydrogens is 479 g/mol. The van der Waals surface area contributed by atoms with Crippen LogP contribution in [0.1, 0.15) is 12.0 Å². The molecule has 2 aliphatic heterocycles. The molecule has 1 N–H and O–H groups in total. The van der Waals surface area contributed by atoms with Crippen LogP contribution in [0.15, 0.2) is 54.9 Å². The number of nitrogens with zero attached hydrogens (tertiary/aromatic N) is 4. The summed E-state index contributed by atoms with van der Waals surface area (Å²) in [6.07, 6.45) is 3.74. The van der Waals surface area contributed by atoms with Crippen LogP contribution in [0.25, 0.3) is 33.3 Å². The summed E-state index contributed by atoms with van der Waals surface area (Å²) in [7, 11) is 0. The summed E-state index contributed by atoms with van der Waals surface area (Å²) >= 11 is 0. The maximum atomic E-state index is 14.9. The fourth-order valence-electron chi connectivity index (χ4n) is 5.28. The van der Waals surface area contributed by atoms with Crippen LogP contribution >= 0.6 is 0 Å². The van der Waals surface area contributed by atoms with E-state index in [1.807, 2.05) is 6.07 Å². The lowest BCUT2D eigenvalue weighted by Crippen LogP contribution is -2.57. The average molecular weight is 502 g/mol. The van der Waals surface area contributed by atoms with Crippen LogP contribution in [0.2, 0.25) is 0 Å². The summed E-state index contributed by atoms with van der Waals surface area (Å²) in [6.45, 7) is 2.69. The largest absolute Gasteiger partial charge is 0.373 e. The topological polar surface area (TPSA) is 74.1 Å². The zero-order valence-electron chi connectivity index (χ0n) is 19.7. The Morgan fingerprint density at radius 1 is 1.00 bits per heavy atom. The second-order valence-corrected chi connectivity index (χ2v) is 9.28. The molecule has 0 bridgehead atoms. The molecule has 0 aliphatic carbocycles. The second kappa shape index (κ2) is 9.47.